The van der Waals surface area contributed by atoms with Crippen molar-refractivity contribution in [1.29, 1.82) is 0 Å². The van der Waals surface area contributed by atoms with E-state index in [0.717, 1.165) is 38.1 Å². The van der Waals surface area contributed by atoms with Crippen LogP contribution in [-0.4, -0.2) is 28.0 Å². The van der Waals surface area contributed by atoms with Crippen LogP contribution in [0.5, 0.6) is 11.8 Å². The molecular weight excluding hydrogens is 302 g/mol. The Kier molecular flexibility index (Phi) is 3.83. The predicted molar refractivity (Wildman–Crippen MR) is 72.7 cm³/mol. The first-order valence-electron chi connectivity index (χ1n) is 6.41. The average molecular weight is 313 g/mol. The number of rotatable bonds is 3. The summed E-state index contributed by atoms with van der Waals surface area (Å²) in [5, 5.41) is -0.00974. The monoisotopic (exact) mass is 312 g/mol. The van der Waals surface area contributed by atoms with Crippen LogP contribution in [0.1, 0.15) is 12.8 Å². The maximum Gasteiger partial charge on any atom is 0.328 e. The van der Waals surface area contributed by atoms with Crippen molar-refractivity contribution in [1.82, 2.24) is 15.0 Å². The van der Waals surface area contributed by atoms with Gasteiger partial charge in [-0.3, -0.25) is 0 Å². The zero-order chi connectivity index (χ0) is 14.8. The van der Waals surface area contributed by atoms with E-state index in [1.807, 2.05) is 4.90 Å². The van der Waals surface area contributed by atoms with E-state index in [0.29, 0.717) is 5.95 Å². The number of nitrogens with zero attached hydrogens (tertiary/aromatic N) is 4. The Bertz CT molecular complexity index is 665. The van der Waals surface area contributed by atoms with Crippen LogP contribution < -0.4 is 9.64 Å². The summed E-state index contributed by atoms with van der Waals surface area (Å²) in [4.78, 5) is 14.0. The van der Waals surface area contributed by atoms with Gasteiger partial charge in [0.1, 0.15) is 5.75 Å². The quantitative estimate of drug-likeness (QED) is 0.871. The molecule has 5 nitrogen and oxygen atoms in total. The second-order valence-electron chi connectivity index (χ2n) is 4.56. The lowest BCUT2D eigenvalue weighted by atomic mass is 10.3. The molecule has 1 aliphatic rings. The Morgan fingerprint density at radius 2 is 1.81 bits per heavy atom. The minimum absolute atomic E-state index is 0.00974. The van der Waals surface area contributed by atoms with E-state index < -0.39 is 11.6 Å². The number of aromatic nitrogens is 3. The highest BCUT2D eigenvalue weighted by Gasteiger charge is 2.18. The van der Waals surface area contributed by atoms with Crippen molar-refractivity contribution in [2.75, 3.05) is 18.0 Å². The Hall–Kier alpha value is -2.02. The standard InChI is InChI=1S/C13H11ClF2N4O/c14-11-17-12(20-5-1-2-6-20)19-13(18-11)21-8-3-4-9(15)10(16)7-8/h3-4,7H,1-2,5-6H2. The van der Waals surface area contributed by atoms with E-state index in [-0.39, 0.29) is 17.0 Å². The molecule has 0 bridgehead atoms. The van der Waals surface area contributed by atoms with Gasteiger partial charge in [0.25, 0.3) is 0 Å². The van der Waals surface area contributed by atoms with Crippen LogP contribution >= 0.6 is 11.6 Å². The van der Waals surface area contributed by atoms with E-state index in [2.05, 4.69) is 15.0 Å². The molecule has 0 atom stereocenters. The number of benzene rings is 1. The average Bonchev–Trinajstić information content (AvgIpc) is 2.96. The normalized spacial score (nSPS) is 14.5. The SMILES string of the molecule is Fc1ccc(Oc2nc(Cl)nc(N3CCCC3)n2)cc1F. The topological polar surface area (TPSA) is 51.1 Å². The number of halogens is 3. The highest BCUT2D eigenvalue weighted by atomic mass is 35.5. The van der Waals surface area contributed by atoms with Gasteiger partial charge in [-0.15, -0.1) is 0 Å². The minimum atomic E-state index is -1.01. The molecule has 2 heterocycles. The number of hydrogen-bond donors (Lipinski definition) is 0. The van der Waals surface area contributed by atoms with Crippen molar-refractivity contribution in [3.05, 3.63) is 35.1 Å². The first-order valence-corrected chi connectivity index (χ1v) is 6.79. The van der Waals surface area contributed by atoms with Gasteiger partial charge in [-0.2, -0.15) is 15.0 Å². The third-order valence-electron chi connectivity index (χ3n) is 3.06. The Morgan fingerprint density at radius 1 is 1.05 bits per heavy atom. The largest absolute Gasteiger partial charge is 0.424 e. The Labute approximate surface area is 124 Å². The summed E-state index contributed by atoms with van der Waals surface area (Å²) in [5.74, 6) is -1.45. The molecule has 3 rings (SSSR count). The number of anilines is 1. The summed E-state index contributed by atoms with van der Waals surface area (Å²) in [6.07, 6.45) is 2.12. The first-order chi connectivity index (χ1) is 10.1. The van der Waals surface area contributed by atoms with Crippen molar-refractivity contribution in [2.45, 2.75) is 12.8 Å². The van der Waals surface area contributed by atoms with Gasteiger partial charge in [0.2, 0.25) is 11.2 Å². The lowest BCUT2D eigenvalue weighted by molar-refractivity contribution is 0.429. The molecule has 0 aliphatic carbocycles. The summed E-state index contributed by atoms with van der Waals surface area (Å²) >= 11 is 5.85. The van der Waals surface area contributed by atoms with Gasteiger partial charge in [-0.25, -0.2) is 8.78 Å². The van der Waals surface area contributed by atoms with Crippen LogP contribution in [0.4, 0.5) is 14.7 Å². The van der Waals surface area contributed by atoms with Crippen molar-refractivity contribution < 1.29 is 13.5 Å². The summed E-state index contributed by atoms with van der Waals surface area (Å²) in [6, 6.07) is 3.12. The molecule has 1 saturated heterocycles. The van der Waals surface area contributed by atoms with Gasteiger partial charge in [0.05, 0.1) is 0 Å². The summed E-state index contributed by atoms with van der Waals surface area (Å²) in [7, 11) is 0. The molecule has 2 aromatic rings. The lowest BCUT2D eigenvalue weighted by Crippen LogP contribution is -2.21. The van der Waals surface area contributed by atoms with Gasteiger partial charge in [-0.1, -0.05) is 0 Å². The van der Waals surface area contributed by atoms with Crippen molar-refractivity contribution >= 4 is 17.5 Å². The smallest absolute Gasteiger partial charge is 0.328 e. The van der Waals surface area contributed by atoms with Crippen molar-refractivity contribution in [2.24, 2.45) is 0 Å². The van der Waals surface area contributed by atoms with Crippen LogP contribution in [0.3, 0.4) is 0 Å². The van der Waals surface area contributed by atoms with Crippen LogP contribution in [0, 0.1) is 11.6 Å². The molecule has 1 aromatic heterocycles. The summed E-state index contributed by atoms with van der Waals surface area (Å²) in [5.41, 5.74) is 0. The van der Waals surface area contributed by atoms with Crippen LogP contribution in [-0.2, 0) is 0 Å². The molecular formula is C13H11ClF2N4O. The molecule has 0 N–H and O–H groups in total. The lowest BCUT2D eigenvalue weighted by Gasteiger charge is -2.15. The fourth-order valence-corrected chi connectivity index (χ4v) is 2.22. The summed E-state index contributed by atoms with van der Waals surface area (Å²) in [6.45, 7) is 1.68. The van der Waals surface area contributed by atoms with E-state index in [9.17, 15) is 8.78 Å². The second-order valence-corrected chi connectivity index (χ2v) is 4.90. The third-order valence-corrected chi connectivity index (χ3v) is 3.23. The highest BCUT2D eigenvalue weighted by Crippen LogP contribution is 2.24. The predicted octanol–water partition coefficient (Wildman–Crippen LogP) is 3.20. The molecule has 0 unspecified atom stereocenters. The molecule has 0 saturated carbocycles. The van der Waals surface area contributed by atoms with Gasteiger partial charge < -0.3 is 9.64 Å². The molecule has 1 fully saturated rings. The molecule has 1 aromatic carbocycles. The Balaban J connectivity index is 1.85. The van der Waals surface area contributed by atoms with Crippen LogP contribution in [0.15, 0.2) is 18.2 Å². The Morgan fingerprint density at radius 3 is 2.52 bits per heavy atom. The van der Waals surface area contributed by atoms with Crippen molar-refractivity contribution in [3.8, 4) is 11.8 Å². The van der Waals surface area contributed by atoms with E-state index in [1.54, 1.807) is 0 Å². The van der Waals surface area contributed by atoms with E-state index in [1.165, 1.54) is 6.07 Å². The maximum atomic E-state index is 13.1. The molecule has 1 aliphatic heterocycles. The summed E-state index contributed by atoms with van der Waals surface area (Å²) < 4.78 is 31.3. The van der Waals surface area contributed by atoms with Gasteiger partial charge in [-0.05, 0) is 36.6 Å². The second kappa shape index (κ2) is 5.77. The molecule has 0 amide bonds. The van der Waals surface area contributed by atoms with Crippen molar-refractivity contribution in [3.63, 3.8) is 0 Å². The molecule has 0 radical (unpaired) electrons. The molecule has 21 heavy (non-hydrogen) atoms. The zero-order valence-corrected chi connectivity index (χ0v) is 11.6. The first kappa shape index (κ1) is 13.9. The number of ether oxygens (including phenoxy) is 1. The fourth-order valence-electron chi connectivity index (χ4n) is 2.07. The third kappa shape index (κ3) is 3.18. The maximum absolute atomic E-state index is 13.1. The molecule has 110 valence electrons. The molecule has 8 heteroatoms. The van der Waals surface area contributed by atoms with E-state index in [4.69, 9.17) is 16.3 Å². The molecule has 0 spiro atoms. The fraction of sp³-hybridized carbons (Fsp3) is 0.308. The zero-order valence-electron chi connectivity index (χ0n) is 10.9. The van der Waals surface area contributed by atoms with E-state index >= 15 is 0 Å². The van der Waals surface area contributed by atoms with Crippen LogP contribution in [0.2, 0.25) is 5.28 Å². The van der Waals surface area contributed by atoms with Gasteiger partial charge >= 0.3 is 6.01 Å². The van der Waals surface area contributed by atoms with Crippen LogP contribution in [0.25, 0.3) is 0 Å². The highest BCUT2D eigenvalue weighted by molar-refractivity contribution is 6.28. The minimum Gasteiger partial charge on any atom is -0.424 e. The number of hydrogen-bond acceptors (Lipinski definition) is 5. The van der Waals surface area contributed by atoms with Gasteiger partial charge in [0.15, 0.2) is 11.6 Å². The van der Waals surface area contributed by atoms with Gasteiger partial charge in [0, 0.05) is 19.2 Å².